The maximum absolute atomic E-state index is 12.7. The van der Waals surface area contributed by atoms with E-state index in [1.807, 2.05) is 54.4 Å². The van der Waals surface area contributed by atoms with E-state index >= 15 is 0 Å². The Hall–Kier alpha value is -3.61. The molecule has 0 saturated heterocycles. The third kappa shape index (κ3) is 4.05. The number of aryl methyl sites for hydroxylation is 1. The van der Waals surface area contributed by atoms with Gasteiger partial charge in [-0.25, -0.2) is 4.98 Å². The van der Waals surface area contributed by atoms with Crippen LogP contribution in [0.25, 0.3) is 11.3 Å². The van der Waals surface area contributed by atoms with Crippen molar-refractivity contribution in [1.29, 1.82) is 0 Å². The molecule has 0 unspecified atom stereocenters. The highest BCUT2D eigenvalue weighted by Crippen LogP contribution is 2.39. The molecule has 7 nitrogen and oxygen atoms in total. The number of nitrogens with one attached hydrogen (secondary N) is 2. The van der Waals surface area contributed by atoms with Gasteiger partial charge < -0.3 is 20.9 Å². The van der Waals surface area contributed by atoms with E-state index < -0.39 is 0 Å². The summed E-state index contributed by atoms with van der Waals surface area (Å²) < 4.78 is 0. The predicted molar refractivity (Wildman–Crippen MR) is 118 cm³/mol. The van der Waals surface area contributed by atoms with E-state index in [-0.39, 0.29) is 18.1 Å². The number of aromatic nitrogens is 2. The number of hydrogen-bond donors (Lipinski definition) is 3. The summed E-state index contributed by atoms with van der Waals surface area (Å²) in [6, 6.07) is 13.7. The number of primary amides is 1. The van der Waals surface area contributed by atoms with Crippen LogP contribution < -0.4 is 16.0 Å². The van der Waals surface area contributed by atoms with Crippen molar-refractivity contribution in [3.05, 3.63) is 59.9 Å². The van der Waals surface area contributed by atoms with Gasteiger partial charge in [-0.1, -0.05) is 18.2 Å². The second-order valence-electron chi connectivity index (χ2n) is 7.54. The maximum Gasteiger partial charge on any atom is 0.219 e. The van der Waals surface area contributed by atoms with Crippen molar-refractivity contribution in [2.45, 2.75) is 25.7 Å². The number of hydrogen-bond acceptors (Lipinski definition) is 5. The van der Waals surface area contributed by atoms with Gasteiger partial charge in [-0.15, -0.1) is 0 Å². The highest BCUT2D eigenvalue weighted by molar-refractivity contribution is 6.07. The molecule has 1 aliphatic carbocycles. The van der Waals surface area contributed by atoms with Gasteiger partial charge in [0.05, 0.1) is 16.9 Å². The summed E-state index contributed by atoms with van der Waals surface area (Å²) in [6.07, 6.45) is 4.26. The van der Waals surface area contributed by atoms with Gasteiger partial charge in [0.1, 0.15) is 5.82 Å². The Bertz CT molecular complexity index is 1070. The summed E-state index contributed by atoms with van der Waals surface area (Å²) in [5, 5.41) is 3.45. The Balaban J connectivity index is 1.74. The molecule has 0 fully saturated rings. The summed E-state index contributed by atoms with van der Waals surface area (Å²) in [7, 11) is 1.88. The van der Waals surface area contributed by atoms with Crippen molar-refractivity contribution in [3.63, 3.8) is 0 Å². The number of carbonyl (C=O) groups excluding carboxylic acids is 2. The lowest BCUT2D eigenvalue weighted by atomic mass is 9.95. The molecule has 7 heteroatoms. The lowest BCUT2D eigenvalue weighted by Gasteiger charge is -2.18. The summed E-state index contributed by atoms with van der Waals surface area (Å²) in [5.41, 5.74) is 10.5. The fraction of sp³-hybridized carbons (Fsp3) is 0.261. The molecular weight excluding hydrogens is 378 g/mol. The number of H-pyrrole nitrogens is 1. The Morgan fingerprint density at radius 2 is 2.03 bits per heavy atom. The summed E-state index contributed by atoms with van der Waals surface area (Å²) in [5.74, 6) is 0.547. The number of anilines is 3. The SMILES string of the molecule is CN(CCC(N)=O)c1cc(-c2[nH]c3c(c2Nc2ccccc2)C(=O)CCC3)ccn1. The van der Waals surface area contributed by atoms with Gasteiger partial charge >= 0.3 is 0 Å². The molecule has 154 valence electrons. The van der Waals surface area contributed by atoms with Crippen LogP contribution in [0.15, 0.2) is 48.7 Å². The maximum atomic E-state index is 12.7. The van der Waals surface area contributed by atoms with Gasteiger partial charge in [-0.05, 0) is 37.1 Å². The van der Waals surface area contributed by atoms with Gasteiger partial charge in [0, 0.05) is 49.6 Å². The molecule has 1 amide bonds. The van der Waals surface area contributed by atoms with Crippen LogP contribution >= 0.6 is 0 Å². The topological polar surface area (TPSA) is 104 Å². The fourth-order valence-electron chi connectivity index (χ4n) is 3.78. The summed E-state index contributed by atoms with van der Waals surface area (Å²) >= 11 is 0. The minimum Gasteiger partial charge on any atom is -0.370 e. The molecule has 0 atom stereocenters. The van der Waals surface area contributed by atoms with Crippen molar-refractivity contribution in [1.82, 2.24) is 9.97 Å². The normalized spacial score (nSPS) is 13.0. The van der Waals surface area contributed by atoms with Crippen molar-refractivity contribution >= 4 is 28.9 Å². The molecular formula is C23H25N5O2. The van der Waals surface area contributed by atoms with Crippen LogP contribution in [-0.4, -0.2) is 35.3 Å². The molecule has 0 aliphatic heterocycles. The third-order valence-corrected chi connectivity index (χ3v) is 5.35. The Kier molecular flexibility index (Phi) is 5.52. The number of pyridine rings is 1. The Labute approximate surface area is 175 Å². The number of nitrogens with zero attached hydrogens (tertiary/aromatic N) is 2. The van der Waals surface area contributed by atoms with Crippen LogP contribution in [0.2, 0.25) is 0 Å². The van der Waals surface area contributed by atoms with Crippen molar-refractivity contribution in [2.75, 3.05) is 23.8 Å². The molecule has 0 spiro atoms. The quantitative estimate of drug-likeness (QED) is 0.559. The van der Waals surface area contributed by atoms with Gasteiger partial charge in [-0.2, -0.15) is 0 Å². The Morgan fingerprint density at radius 3 is 2.80 bits per heavy atom. The number of para-hydroxylation sites is 1. The van der Waals surface area contributed by atoms with Gasteiger partial charge in [0.15, 0.2) is 5.78 Å². The van der Waals surface area contributed by atoms with E-state index in [1.54, 1.807) is 6.20 Å². The molecule has 4 rings (SSSR count). The summed E-state index contributed by atoms with van der Waals surface area (Å²) in [6.45, 7) is 0.487. The smallest absolute Gasteiger partial charge is 0.219 e. The molecule has 1 aromatic carbocycles. The minimum atomic E-state index is -0.345. The monoisotopic (exact) mass is 403 g/mol. The van der Waals surface area contributed by atoms with Crippen molar-refractivity contribution in [2.24, 2.45) is 5.73 Å². The second-order valence-corrected chi connectivity index (χ2v) is 7.54. The number of benzene rings is 1. The predicted octanol–water partition coefficient (Wildman–Crippen LogP) is 3.65. The van der Waals surface area contributed by atoms with Crippen LogP contribution in [0, 0.1) is 0 Å². The minimum absolute atomic E-state index is 0.157. The zero-order valence-corrected chi connectivity index (χ0v) is 16.9. The molecule has 0 radical (unpaired) electrons. The van der Waals surface area contributed by atoms with Crippen molar-refractivity contribution < 1.29 is 9.59 Å². The first-order valence-corrected chi connectivity index (χ1v) is 10.1. The number of rotatable bonds is 7. The number of carbonyl (C=O) groups is 2. The first kappa shape index (κ1) is 19.7. The van der Waals surface area contributed by atoms with E-state index in [0.29, 0.717) is 13.0 Å². The fourth-order valence-corrected chi connectivity index (χ4v) is 3.78. The van der Waals surface area contributed by atoms with E-state index in [4.69, 9.17) is 5.73 Å². The van der Waals surface area contributed by atoms with E-state index in [1.165, 1.54) is 0 Å². The number of fused-ring (bicyclic) bond motifs is 1. The van der Waals surface area contributed by atoms with Crippen LogP contribution in [-0.2, 0) is 11.2 Å². The number of amides is 1. The van der Waals surface area contributed by atoms with E-state index in [9.17, 15) is 9.59 Å². The molecule has 3 aromatic rings. The first-order valence-electron chi connectivity index (χ1n) is 10.1. The van der Waals surface area contributed by atoms with E-state index in [2.05, 4.69) is 15.3 Å². The first-order chi connectivity index (χ1) is 14.5. The van der Waals surface area contributed by atoms with Crippen LogP contribution in [0.3, 0.4) is 0 Å². The van der Waals surface area contributed by atoms with E-state index in [0.717, 1.165) is 52.5 Å². The van der Waals surface area contributed by atoms with Crippen LogP contribution in [0.4, 0.5) is 17.2 Å². The molecule has 2 aromatic heterocycles. The molecule has 0 saturated carbocycles. The molecule has 4 N–H and O–H groups in total. The zero-order chi connectivity index (χ0) is 21.1. The molecule has 2 heterocycles. The van der Waals surface area contributed by atoms with Crippen molar-refractivity contribution in [3.8, 4) is 11.3 Å². The Morgan fingerprint density at radius 1 is 1.23 bits per heavy atom. The number of ketones is 1. The average Bonchev–Trinajstić information content (AvgIpc) is 3.12. The second kappa shape index (κ2) is 8.41. The van der Waals surface area contributed by atoms with Crippen LogP contribution in [0.5, 0.6) is 0 Å². The highest BCUT2D eigenvalue weighted by atomic mass is 16.1. The number of aromatic amines is 1. The number of nitrogens with two attached hydrogens (primary N) is 1. The summed E-state index contributed by atoms with van der Waals surface area (Å²) in [4.78, 5) is 33.7. The van der Waals surface area contributed by atoms with Gasteiger partial charge in [-0.3, -0.25) is 9.59 Å². The van der Waals surface area contributed by atoms with Gasteiger partial charge in [0.25, 0.3) is 0 Å². The molecule has 1 aliphatic rings. The largest absolute Gasteiger partial charge is 0.370 e. The third-order valence-electron chi connectivity index (χ3n) is 5.35. The molecule has 0 bridgehead atoms. The molecule has 30 heavy (non-hydrogen) atoms. The number of Topliss-reactive ketones (excluding diaryl/α,β-unsaturated/α-hetero) is 1. The average molecular weight is 403 g/mol. The highest BCUT2D eigenvalue weighted by Gasteiger charge is 2.27. The lowest BCUT2D eigenvalue weighted by Crippen LogP contribution is -2.24. The lowest BCUT2D eigenvalue weighted by molar-refractivity contribution is -0.117. The van der Waals surface area contributed by atoms with Gasteiger partial charge in [0.2, 0.25) is 5.91 Å². The van der Waals surface area contributed by atoms with Crippen LogP contribution in [0.1, 0.15) is 35.3 Å². The zero-order valence-electron chi connectivity index (χ0n) is 16.9. The standard InChI is InChI=1S/C23H25N5O2/c1-28(13-11-19(24)30)20-14-15(10-12-25-20)22-23(26-16-6-3-2-4-7-16)21-17(27-22)8-5-9-18(21)29/h2-4,6-7,10,12,14,26-27H,5,8-9,11,13H2,1H3,(H2,24,30).